The molecular formula is C10H10N6O3. The summed E-state index contributed by atoms with van der Waals surface area (Å²) < 4.78 is 0. The number of hydrogen-bond donors (Lipinski definition) is 3. The molecule has 1 aliphatic rings. The number of H-pyrrole nitrogens is 2. The normalized spacial score (nSPS) is 18.1. The molecule has 1 atom stereocenters. The lowest BCUT2D eigenvalue weighted by Gasteiger charge is -2.31. The number of fused-ring (bicyclic) bond motifs is 1. The summed E-state index contributed by atoms with van der Waals surface area (Å²) in [6, 6.07) is -0.951. The van der Waals surface area contributed by atoms with Gasteiger partial charge in [-0.2, -0.15) is 5.10 Å². The predicted molar refractivity (Wildman–Crippen MR) is 60.0 cm³/mol. The van der Waals surface area contributed by atoms with E-state index in [4.69, 9.17) is 0 Å². The highest BCUT2D eigenvalue weighted by Crippen LogP contribution is 2.21. The van der Waals surface area contributed by atoms with Gasteiger partial charge in [0.05, 0.1) is 24.3 Å². The average Bonchev–Trinajstić information content (AvgIpc) is 3.06. The molecule has 1 aliphatic heterocycles. The van der Waals surface area contributed by atoms with Gasteiger partial charge in [-0.1, -0.05) is 0 Å². The monoisotopic (exact) mass is 262 g/mol. The Labute approximate surface area is 106 Å². The fourth-order valence-electron chi connectivity index (χ4n) is 2.11. The number of carboxylic acids is 1. The lowest BCUT2D eigenvalue weighted by molar-refractivity contribution is -0.142. The molecule has 2 aromatic rings. The van der Waals surface area contributed by atoms with Crippen LogP contribution in [0.3, 0.4) is 0 Å². The number of carbonyl (C=O) groups is 2. The SMILES string of the molecule is O=C(O)C1Cc2nc[nH]c2CN1C(=O)c1ncn[nH]1. The summed E-state index contributed by atoms with van der Waals surface area (Å²) in [4.78, 5) is 35.4. The van der Waals surface area contributed by atoms with Crippen molar-refractivity contribution in [3.63, 3.8) is 0 Å². The number of amides is 1. The van der Waals surface area contributed by atoms with E-state index in [0.717, 1.165) is 5.69 Å². The second-order valence-electron chi connectivity index (χ2n) is 4.15. The second-order valence-corrected chi connectivity index (χ2v) is 4.15. The summed E-state index contributed by atoms with van der Waals surface area (Å²) in [5, 5.41) is 15.3. The van der Waals surface area contributed by atoms with Crippen LogP contribution in [0.5, 0.6) is 0 Å². The fourth-order valence-corrected chi connectivity index (χ4v) is 2.11. The van der Waals surface area contributed by atoms with Crippen LogP contribution in [0.25, 0.3) is 0 Å². The van der Waals surface area contributed by atoms with Crippen LogP contribution in [0, 0.1) is 0 Å². The average molecular weight is 262 g/mol. The number of nitrogens with zero attached hydrogens (tertiary/aromatic N) is 4. The molecule has 9 nitrogen and oxygen atoms in total. The molecule has 0 aliphatic carbocycles. The maximum absolute atomic E-state index is 12.2. The van der Waals surface area contributed by atoms with Crippen LogP contribution in [-0.2, 0) is 17.8 Å². The minimum Gasteiger partial charge on any atom is -0.480 e. The van der Waals surface area contributed by atoms with E-state index in [1.807, 2.05) is 0 Å². The Bertz CT molecular complexity index is 619. The number of aromatic nitrogens is 5. The minimum atomic E-state index is -1.07. The van der Waals surface area contributed by atoms with Gasteiger partial charge in [0, 0.05) is 6.42 Å². The maximum atomic E-state index is 12.2. The Morgan fingerprint density at radius 2 is 2.26 bits per heavy atom. The summed E-state index contributed by atoms with van der Waals surface area (Å²) in [5.41, 5.74) is 1.42. The van der Waals surface area contributed by atoms with E-state index in [0.29, 0.717) is 5.69 Å². The zero-order valence-corrected chi connectivity index (χ0v) is 9.70. The number of hydrogen-bond acceptors (Lipinski definition) is 5. The van der Waals surface area contributed by atoms with E-state index in [1.54, 1.807) is 0 Å². The molecule has 0 bridgehead atoms. The first-order valence-corrected chi connectivity index (χ1v) is 5.57. The van der Waals surface area contributed by atoms with Crippen LogP contribution in [0.15, 0.2) is 12.7 Å². The molecule has 0 fully saturated rings. The van der Waals surface area contributed by atoms with Crippen molar-refractivity contribution in [3.05, 3.63) is 29.9 Å². The first-order valence-electron chi connectivity index (χ1n) is 5.57. The van der Waals surface area contributed by atoms with Crippen LogP contribution in [0.1, 0.15) is 22.0 Å². The summed E-state index contributed by atoms with van der Waals surface area (Å²) in [6.07, 6.45) is 2.87. The van der Waals surface area contributed by atoms with Crippen molar-refractivity contribution in [2.45, 2.75) is 19.0 Å². The van der Waals surface area contributed by atoms with E-state index < -0.39 is 17.9 Å². The zero-order valence-electron chi connectivity index (χ0n) is 9.70. The number of rotatable bonds is 2. The van der Waals surface area contributed by atoms with Gasteiger partial charge < -0.3 is 15.0 Å². The third kappa shape index (κ3) is 1.84. The Hall–Kier alpha value is -2.71. The molecule has 98 valence electrons. The number of nitrogens with one attached hydrogen (secondary N) is 2. The van der Waals surface area contributed by atoms with Crippen molar-refractivity contribution in [1.82, 2.24) is 30.0 Å². The van der Waals surface area contributed by atoms with Crippen LogP contribution >= 0.6 is 0 Å². The lowest BCUT2D eigenvalue weighted by Crippen LogP contribution is -2.49. The van der Waals surface area contributed by atoms with E-state index in [9.17, 15) is 14.7 Å². The highest BCUT2D eigenvalue weighted by molar-refractivity contribution is 5.93. The molecule has 1 unspecified atom stereocenters. The molecule has 19 heavy (non-hydrogen) atoms. The lowest BCUT2D eigenvalue weighted by atomic mass is 10.0. The van der Waals surface area contributed by atoms with Gasteiger partial charge in [0.15, 0.2) is 0 Å². The van der Waals surface area contributed by atoms with Crippen LogP contribution in [-0.4, -0.2) is 53.1 Å². The molecule has 0 radical (unpaired) electrons. The molecule has 3 N–H and O–H groups in total. The van der Waals surface area contributed by atoms with Crippen molar-refractivity contribution < 1.29 is 14.7 Å². The van der Waals surface area contributed by atoms with Gasteiger partial charge in [-0.05, 0) is 0 Å². The van der Waals surface area contributed by atoms with E-state index >= 15 is 0 Å². The van der Waals surface area contributed by atoms with Crippen molar-refractivity contribution in [3.8, 4) is 0 Å². The van der Waals surface area contributed by atoms with Gasteiger partial charge in [-0.3, -0.25) is 9.89 Å². The topological polar surface area (TPSA) is 128 Å². The molecule has 2 aromatic heterocycles. The van der Waals surface area contributed by atoms with E-state index in [-0.39, 0.29) is 18.8 Å². The van der Waals surface area contributed by atoms with Gasteiger partial charge in [0.25, 0.3) is 5.91 Å². The summed E-state index contributed by atoms with van der Waals surface area (Å²) in [7, 11) is 0. The summed E-state index contributed by atoms with van der Waals surface area (Å²) in [5.74, 6) is -1.54. The molecule has 1 amide bonds. The van der Waals surface area contributed by atoms with Crippen LogP contribution in [0.4, 0.5) is 0 Å². The van der Waals surface area contributed by atoms with Crippen LogP contribution < -0.4 is 0 Å². The highest BCUT2D eigenvalue weighted by Gasteiger charge is 2.37. The van der Waals surface area contributed by atoms with Crippen molar-refractivity contribution in [1.29, 1.82) is 0 Å². The van der Waals surface area contributed by atoms with Gasteiger partial charge in [0.1, 0.15) is 12.4 Å². The third-order valence-electron chi connectivity index (χ3n) is 3.06. The summed E-state index contributed by atoms with van der Waals surface area (Å²) >= 11 is 0. The third-order valence-corrected chi connectivity index (χ3v) is 3.06. The first kappa shape index (κ1) is 11.4. The molecule has 3 heterocycles. The summed E-state index contributed by atoms with van der Waals surface area (Å²) in [6.45, 7) is 0.159. The number of aliphatic carboxylic acids is 1. The molecule has 0 spiro atoms. The van der Waals surface area contributed by atoms with Crippen molar-refractivity contribution >= 4 is 11.9 Å². The Kier molecular flexibility index (Phi) is 2.51. The number of aromatic amines is 2. The van der Waals surface area contributed by atoms with Crippen molar-refractivity contribution in [2.24, 2.45) is 0 Å². The molecule has 0 saturated carbocycles. The maximum Gasteiger partial charge on any atom is 0.326 e. The Morgan fingerprint density at radius 3 is 2.95 bits per heavy atom. The molecule has 0 aromatic carbocycles. The largest absolute Gasteiger partial charge is 0.480 e. The van der Waals surface area contributed by atoms with Crippen LogP contribution in [0.2, 0.25) is 0 Å². The Morgan fingerprint density at radius 1 is 1.42 bits per heavy atom. The standard InChI is InChI=1S/C10H10N6O3/c17-9(8-13-4-14-15-8)16-2-6-5(11-3-12-6)1-7(16)10(18)19/h3-4,7H,1-2H2,(H,11,12)(H,18,19)(H,13,14,15). The first-order chi connectivity index (χ1) is 9.16. The van der Waals surface area contributed by atoms with E-state index in [1.165, 1.54) is 17.6 Å². The zero-order chi connectivity index (χ0) is 13.4. The molecule has 3 rings (SSSR count). The van der Waals surface area contributed by atoms with Gasteiger partial charge >= 0.3 is 5.97 Å². The highest BCUT2D eigenvalue weighted by atomic mass is 16.4. The Balaban J connectivity index is 1.95. The number of imidazole rings is 1. The molecule has 9 heteroatoms. The van der Waals surface area contributed by atoms with E-state index in [2.05, 4.69) is 25.1 Å². The molecule has 0 saturated heterocycles. The second kappa shape index (κ2) is 4.19. The van der Waals surface area contributed by atoms with Gasteiger partial charge in [0.2, 0.25) is 5.82 Å². The smallest absolute Gasteiger partial charge is 0.326 e. The number of carboxylic acid groups (broad SMARTS) is 1. The van der Waals surface area contributed by atoms with Crippen molar-refractivity contribution in [2.75, 3.05) is 0 Å². The van der Waals surface area contributed by atoms with Gasteiger partial charge in [-0.15, -0.1) is 0 Å². The van der Waals surface area contributed by atoms with Gasteiger partial charge in [-0.25, -0.2) is 14.8 Å². The fraction of sp³-hybridized carbons (Fsp3) is 0.300. The minimum absolute atomic E-state index is 0.0224. The number of carbonyl (C=O) groups excluding carboxylic acids is 1. The molecular weight excluding hydrogens is 252 g/mol. The quantitative estimate of drug-likeness (QED) is 0.648. The predicted octanol–water partition coefficient (Wildman–Crippen LogP) is -0.821.